The van der Waals surface area contributed by atoms with Gasteiger partial charge in [0.05, 0.1) is 0 Å². The minimum absolute atomic E-state index is 0.267. The van der Waals surface area contributed by atoms with E-state index in [1.54, 1.807) is 12.3 Å². The lowest BCUT2D eigenvalue weighted by Gasteiger charge is -2.03. The van der Waals surface area contributed by atoms with E-state index in [0.29, 0.717) is 17.8 Å². The fourth-order valence-corrected chi connectivity index (χ4v) is 1.19. The standard InChI is InChI=1S/C9H11FN2/c1-6-5-8(6)12-9-7(10)3-2-4-11-9/h2-4,6,8H,5H2,1H3,(H,11,12). The normalized spacial score (nSPS) is 26.8. The van der Waals surface area contributed by atoms with E-state index < -0.39 is 0 Å². The fraction of sp³-hybridized carbons (Fsp3) is 0.444. The molecule has 0 aromatic carbocycles. The highest BCUT2D eigenvalue weighted by Gasteiger charge is 2.33. The summed E-state index contributed by atoms with van der Waals surface area (Å²) >= 11 is 0. The van der Waals surface area contributed by atoms with Crippen molar-refractivity contribution in [3.8, 4) is 0 Å². The molecule has 0 aliphatic heterocycles. The Bertz CT molecular complexity index is 288. The summed E-state index contributed by atoms with van der Waals surface area (Å²) in [6, 6.07) is 3.44. The Hall–Kier alpha value is -1.12. The van der Waals surface area contributed by atoms with E-state index in [1.165, 1.54) is 6.07 Å². The molecule has 0 radical (unpaired) electrons. The molecule has 2 nitrogen and oxygen atoms in total. The maximum Gasteiger partial charge on any atom is 0.165 e. The first-order valence-corrected chi connectivity index (χ1v) is 4.14. The average Bonchev–Trinajstić information content (AvgIpc) is 2.72. The highest BCUT2D eigenvalue weighted by molar-refractivity contribution is 5.38. The predicted molar refractivity (Wildman–Crippen MR) is 45.4 cm³/mol. The molecule has 2 unspecified atom stereocenters. The molecule has 12 heavy (non-hydrogen) atoms. The Balaban J connectivity index is 2.08. The van der Waals surface area contributed by atoms with Crippen LogP contribution in [0.15, 0.2) is 18.3 Å². The van der Waals surface area contributed by atoms with Crippen molar-refractivity contribution in [1.82, 2.24) is 4.98 Å². The van der Waals surface area contributed by atoms with Gasteiger partial charge >= 0.3 is 0 Å². The van der Waals surface area contributed by atoms with Gasteiger partial charge in [-0.05, 0) is 24.5 Å². The van der Waals surface area contributed by atoms with Crippen molar-refractivity contribution in [2.75, 3.05) is 5.32 Å². The second-order valence-electron chi connectivity index (χ2n) is 3.30. The average molecular weight is 166 g/mol. The Kier molecular flexibility index (Phi) is 1.71. The van der Waals surface area contributed by atoms with Crippen molar-refractivity contribution in [2.45, 2.75) is 19.4 Å². The van der Waals surface area contributed by atoms with Crippen LogP contribution in [0.25, 0.3) is 0 Å². The van der Waals surface area contributed by atoms with Crippen molar-refractivity contribution in [3.05, 3.63) is 24.1 Å². The van der Waals surface area contributed by atoms with Crippen LogP contribution in [0.5, 0.6) is 0 Å². The number of pyridine rings is 1. The van der Waals surface area contributed by atoms with Crippen LogP contribution in [-0.2, 0) is 0 Å². The van der Waals surface area contributed by atoms with Crippen molar-refractivity contribution in [2.24, 2.45) is 5.92 Å². The van der Waals surface area contributed by atoms with Gasteiger partial charge in [-0.2, -0.15) is 0 Å². The van der Waals surface area contributed by atoms with Crippen LogP contribution in [0.2, 0.25) is 0 Å². The van der Waals surface area contributed by atoms with Crippen LogP contribution >= 0.6 is 0 Å². The van der Waals surface area contributed by atoms with E-state index in [9.17, 15) is 4.39 Å². The number of aromatic nitrogens is 1. The number of hydrogen-bond acceptors (Lipinski definition) is 2. The maximum atomic E-state index is 13.0. The molecule has 1 aliphatic rings. The van der Waals surface area contributed by atoms with Gasteiger partial charge in [-0.25, -0.2) is 9.37 Å². The zero-order valence-electron chi connectivity index (χ0n) is 6.92. The second-order valence-corrected chi connectivity index (χ2v) is 3.30. The molecule has 64 valence electrons. The molecular weight excluding hydrogens is 155 g/mol. The summed E-state index contributed by atoms with van der Waals surface area (Å²) in [5, 5.41) is 3.05. The van der Waals surface area contributed by atoms with Crippen LogP contribution in [0, 0.1) is 11.7 Å². The Labute approximate surface area is 70.8 Å². The molecule has 1 fully saturated rings. The zero-order chi connectivity index (χ0) is 8.55. The fourth-order valence-electron chi connectivity index (χ4n) is 1.19. The van der Waals surface area contributed by atoms with E-state index in [4.69, 9.17) is 0 Å². The van der Waals surface area contributed by atoms with E-state index in [-0.39, 0.29) is 5.82 Å². The summed E-state index contributed by atoms with van der Waals surface area (Å²) in [5.41, 5.74) is 0. The third-order valence-corrected chi connectivity index (χ3v) is 2.19. The van der Waals surface area contributed by atoms with E-state index in [1.807, 2.05) is 0 Å². The van der Waals surface area contributed by atoms with Gasteiger partial charge in [-0.15, -0.1) is 0 Å². The van der Waals surface area contributed by atoms with Gasteiger partial charge in [0.1, 0.15) is 0 Å². The minimum atomic E-state index is -0.267. The SMILES string of the molecule is CC1CC1Nc1ncccc1F. The molecule has 2 rings (SSSR count). The molecule has 1 saturated carbocycles. The van der Waals surface area contributed by atoms with Crippen LogP contribution in [0.4, 0.5) is 10.2 Å². The van der Waals surface area contributed by atoms with Crippen molar-refractivity contribution in [1.29, 1.82) is 0 Å². The van der Waals surface area contributed by atoms with Gasteiger partial charge < -0.3 is 5.32 Å². The van der Waals surface area contributed by atoms with Crippen molar-refractivity contribution < 1.29 is 4.39 Å². The lowest BCUT2D eigenvalue weighted by molar-refractivity contribution is 0.623. The number of anilines is 1. The largest absolute Gasteiger partial charge is 0.365 e. The van der Waals surface area contributed by atoms with E-state index in [0.717, 1.165) is 6.42 Å². The highest BCUT2D eigenvalue weighted by atomic mass is 19.1. The highest BCUT2D eigenvalue weighted by Crippen LogP contribution is 2.32. The maximum absolute atomic E-state index is 13.0. The van der Waals surface area contributed by atoms with Crippen molar-refractivity contribution in [3.63, 3.8) is 0 Å². The van der Waals surface area contributed by atoms with Crippen LogP contribution in [0.3, 0.4) is 0 Å². The summed E-state index contributed by atoms with van der Waals surface area (Å²) in [6.07, 6.45) is 2.72. The molecule has 0 saturated heterocycles. The summed E-state index contributed by atoms with van der Waals surface area (Å²) in [5.74, 6) is 0.773. The number of halogens is 1. The lowest BCUT2D eigenvalue weighted by Crippen LogP contribution is -2.06. The Morgan fingerprint density at radius 3 is 3.00 bits per heavy atom. The molecule has 1 aromatic rings. The molecular formula is C9H11FN2. The summed E-state index contributed by atoms with van der Waals surface area (Å²) < 4.78 is 13.0. The number of hydrogen-bond donors (Lipinski definition) is 1. The first-order chi connectivity index (χ1) is 5.77. The quantitative estimate of drug-likeness (QED) is 0.727. The summed E-state index contributed by atoms with van der Waals surface area (Å²) in [4.78, 5) is 3.91. The smallest absolute Gasteiger partial charge is 0.165 e. The van der Waals surface area contributed by atoms with Crippen LogP contribution in [-0.4, -0.2) is 11.0 Å². The molecule has 2 atom stereocenters. The van der Waals surface area contributed by atoms with Gasteiger partial charge in [0.15, 0.2) is 11.6 Å². The van der Waals surface area contributed by atoms with Crippen molar-refractivity contribution >= 4 is 5.82 Å². The van der Waals surface area contributed by atoms with Crippen LogP contribution < -0.4 is 5.32 Å². The molecule has 1 aliphatic carbocycles. The molecule has 1 heterocycles. The molecule has 0 bridgehead atoms. The third-order valence-electron chi connectivity index (χ3n) is 2.19. The van der Waals surface area contributed by atoms with Gasteiger partial charge in [0.2, 0.25) is 0 Å². The molecule has 1 aromatic heterocycles. The van der Waals surface area contributed by atoms with Gasteiger partial charge in [0, 0.05) is 12.2 Å². The summed E-state index contributed by atoms with van der Waals surface area (Å²) in [7, 11) is 0. The molecule has 0 amide bonds. The Morgan fingerprint density at radius 1 is 1.67 bits per heavy atom. The number of nitrogens with zero attached hydrogens (tertiary/aromatic N) is 1. The van der Waals surface area contributed by atoms with Gasteiger partial charge in [-0.3, -0.25) is 0 Å². The number of rotatable bonds is 2. The second kappa shape index (κ2) is 2.73. The van der Waals surface area contributed by atoms with Crippen LogP contribution in [0.1, 0.15) is 13.3 Å². The Morgan fingerprint density at radius 2 is 2.42 bits per heavy atom. The minimum Gasteiger partial charge on any atom is -0.365 e. The predicted octanol–water partition coefficient (Wildman–Crippen LogP) is 2.04. The third kappa shape index (κ3) is 1.40. The lowest BCUT2D eigenvalue weighted by atomic mass is 10.4. The van der Waals surface area contributed by atoms with Gasteiger partial charge in [0.25, 0.3) is 0 Å². The van der Waals surface area contributed by atoms with E-state index in [2.05, 4.69) is 17.2 Å². The summed E-state index contributed by atoms with van der Waals surface area (Å²) in [6.45, 7) is 2.14. The zero-order valence-corrected chi connectivity index (χ0v) is 6.92. The molecule has 1 N–H and O–H groups in total. The first kappa shape index (κ1) is 7.53. The number of nitrogens with one attached hydrogen (secondary N) is 1. The van der Waals surface area contributed by atoms with Gasteiger partial charge in [-0.1, -0.05) is 6.92 Å². The molecule has 0 spiro atoms. The topological polar surface area (TPSA) is 24.9 Å². The van der Waals surface area contributed by atoms with E-state index >= 15 is 0 Å². The molecule has 3 heteroatoms. The first-order valence-electron chi connectivity index (χ1n) is 4.14. The monoisotopic (exact) mass is 166 g/mol.